The molecule has 22 heavy (non-hydrogen) atoms. The Hall–Kier alpha value is -2.53. The first kappa shape index (κ1) is 15.9. The monoisotopic (exact) mass is 367 g/mol. The molecular weight excluding hydrogens is 357 g/mol. The summed E-state index contributed by atoms with van der Waals surface area (Å²) >= 11 is 3.19. The molecule has 2 aromatic rings. The molecule has 0 saturated heterocycles. The van der Waals surface area contributed by atoms with Crippen LogP contribution >= 0.6 is 15.9 Å². The molecule has 6 nitrogen and oxygen atoms in total. The minimum absolute atomic E-state index is 0.0446. The molecule has 0 spiro atoms. The first-order valence-corrected chi connectivity index (χ1v) is 6.76. The van der Waals surface area contributed by atoms with Gasteiger partial charge in [0.05, 0.1) is 35.6 Å². The summed E-state index contributed by atoms with van der Waals surface area (Å²) < 4.78 is 25.2. The number of nitrogens with two attached hydrogens (primary N) is 1. The number of rotatable bonds is 3. The smallest absolute Gasteiger partial charge is 0.357 e. The van der Waals surface area contributed by atoms with Gasteiger partial charge in [-0.25, -0.2) is 9.18 Å². The van der Waals surface area contributed by atoms with Gasteiger partial charge in [0.2, 0.25) is 0 Å². The summed E-state index contributed by atoms with van der Waals surface area (Å²) in [6, 6.07) is 4.26. The van der Waals surface area contributed by atoms with Crippen molar-refractivity contribution in [3.63, 3.8) is 0 Å². The zero-order chi connectivity index (χ0) is 16.4. The molecule has 114 valence electrons. The molecule has 0 aliphatic carbocycles. The fourth-order valence-electron chi connectivity index (χ4n) is 2.03. The van der Waals surface area contributed by atoms with E-state index in [1.807, 2.05) is 6.07 Å². The van der Waals surface area contributed by atoms with Gasteiger partial charge in [-0.15, -0.1) is 0 Å². The van der Waals surface area contributed by atoms with Crippen molar-refractivity contribution in [2.45, 2.75) is 0 Å². The predicted molar refractivity (Wildman–Crippen MR) is 80.4 cm³/mol. The first-order chi connectivity index (χ1) is 10.4. The largest absolute Gasteiger partial charge is 0.493 e. The van der Waals surface area contributed by atoms with Gasteiger partial charge in [-0.3, -0.25) is 0 Å². The van der Waals surface area contributed by atoms with Crippen molar-refractivity contribution >= 4 is 27.6 Å². The number of carbonyl (C=O) groups is 1. The molecule has 1 heterocycles. The zero-order valence-electron chi connectivity index (χ0n) is 11.7. The molecule has 2 N–H and O–H groups in total. The number of nitrogen functional groups attached to an aromatic ring is 1. The van der Waals surface area contributed by atoms with E-state index in [4.69, 9.17) is 15.7 Å². The highest BCUT2D eigenvalue weighted by molar-refractivity contribution is 9.10. The summed E-state index contributed by atoms with van der Waals surface area (Å²) in [5.41, 5.74) is 5.97. The normalized spacial score (nSPS) is 10.1. The van der Waals surface area contributed by atoms with Crippen molar-refractivity contribution in [1.82, 2.24) is 4.57 Å². The average molecular weight is 368 g/mol. The molecule has 0 aliphatic heterocycles. The highest BCUT2D eigenvalue weighted by Gasteiger charge is 2.24. The van der Waals surface area contributed by atoms with Gasteiger partial charge >= 0.3 is 5.97 Å². The average Bonchev–Trinajstić information content (AvgIpc) is 2.82. The lowest BCUT2D eigenvalue weighted by Gasteiger charge is -2.14. The van der Waals surface area contributed by atoms with Gasteiger partial charge in [0, 0.05) is 12.3 Å². The van der Waals surface area contributed by atoms with Gasteiger partial charge < -0.3 is 19.8 Å². The Morgan fingerprint density at radius 1 is 1.45 bits per heavy atom. The molecule has 0 saturated carbocycles. The third-order valence-corrected chi connectivity index (χ3v) is 3.59. The van der Waals surface area contributed by atoms with Crippen LogP contribution in [-0.2, 0) is 4.74 Å². The van der Waals surface area contributed by atoms with Crippen LogP contribution in [0.4, 0.5) is 10.1 Å². The van der Waals surface area contributed by atoms with E-state index in [9.17, 15) is 9.18 Å². The number of esters is 1. The number of hydrogen-bond acceptors (Lipinski definition) is 5. The van der Waals surface area contributed by atoms with E-state index in [0.717, 1.165) is 6.07 Å². The zero-order valence-corrected chi connectivity index (χ0v) is 13.3. The SMILES string of the molecule is COC(=O)c1c(N)c(C#N)cn1-c1cc(F)cc(Br)c1OC. The van der Waals surface area contributed by atoms with Crippen molar-refractivity contribution in [2.24, 2.45) is 0 Å². The molecule has 0 fully saturated rings. The summed E-state index contributed by atoms with van der Waals surface area (Å²) in [5, 5.41) is 9.08. The minimum atomic E-state index is -0.749. The Labute approximate surface area is 134 Å². The van der Waals surface area contributed by atoms with Crippen LogP contribution in [0.25, 0.3) is 5.69 Å². The highest BCUT2D eigenvalue weighted by atomic mass is 79.9. The molecular formula is C14H11BrFN3O3. The standard InChI is InChI=1S/C14H11BrFN3O3/c1-21-13-9(15)3-8(16)4-10(13)19-6-7(5-17)11(18)12(19)14(20)22-2/h3-4,6H,18H2,1-2H3. The maximum Gasteiger partial charge on any atom is 0.357 e. The van der Waals surface area contributed by atoms with Crippen molar-refractivity contribution < 1.29 is 18.7 Å². The van der Waals surface area contributed by atoms with E-state index in [2.05, 4.69) is 20.7 Å². The van der Waals surface area contributed by atoms with Crippen LogP contribution < -0.4 is 10.5 Å². The van der Waals surface area contributed by atoms with E-state index in [0.29, 0.717) is 4.47 Å². The predicted octanol–water partition coefficient (Wildman–Crippen LogP) is 2.63. The lowest BCUT2D eigenvalue weighted by molar-refractivity contribution is 0.0593. The summed E-state index contributed by atoms with van der Waals surface area (Å²) in [4.78, 5) is 11.9. The quantitative estimate of drug-likeness (QED) is 0.842. The number of nitriles is 1. The topological polar surface area (TPSA) is 90.3 Å². The molecule has 0 radical (unpaired) electrons. The number of anilines is 1. The van der Waals surface area contributed by atoms with Crippen molar-refractivity contribution in [1.29, 1.82) is 5.26 Å². The maximum absolute atomic E-state index is 13.7. The van der Waals surface area contributed by atoms with Gasteiger partial charge in [0.15, 0.2) is 11.4 Å². The van der Waals surface area contributed by atoms with Gasteiger partial charge in [0.25, 0.3) is 0 Å². The molecule has 1 aromatic heterocycles. The van der Waals surface area contributed by atoms with E-state index >= 15 is 0 Å². The van der Waals surface area contributed by atoms with Crippen molar-refractivity contribution in [2.75, 3.05) is 20.0 Å². The number of methoxy groups -OCH3 is 2. The van der Waals surface area contributed by atoms with E-state index in [-0.39, 0.29) is 28.4 Å². The van der Waals surface area contributed by atoms with Crippen molar-refractivity contribution in [3.8, 4) is 17.5 Å². The van der Waals surface area contributed by atoms with E-state index in [1.54, 1.807) is 0 Å². The van der Waals surface area contributed by atoms with Gasteiger partial charge in [-0.2, -0.15) is 5.26 Å². The fraction of sp³-hybridized carbons (Fsp3) is 0.143. The number of aromatic nitrogens is 1. The second-order valence-corrected chi connectivity index (χ2v) is 5.07. The summed E-state index contributed by atoms with van der Waals surface area (Å²) in [6.45, 7) is 0. The third-order valence-electron chi connectivity index (χ3n) is 3.00. The van der Waals surface area contributed by atoms with Crippen LogP contribution in [0.3, 0.4) is 0 Å². The summed E-state index contributed by atoms with van der Waals surface area (Å²) in [7, 11) is 2.58. The lowest BCUT2D eigenvalue weighted by Crippen LogP contribution is -2.12. The van der Waals surface area contributed by atoms with Crippen LogP contribution in [0.5, 0.6) is 5.75 Å². The molecule has 0 amide bonds. The molecule has 0 bridgehead atoms. The van der Waals surface area contributed by atoms with Crippen LogP contribution in [-0.4, -0.2) is 24.8 Å². The maximum atomic E-state index is 13.7. The highest BCUT2D eigenvalue weighted by Crippen LogP contribution is 2.35. The van der Waals surface area contributed by atoms with Crippen molar-refractivity contribution in [3.05, 3.63) is 39.9 Å². The first-order valence-electron chi connectivity index (χ1n) is 5.97. The van der Waals surface area contributed by atoms with E-state index in [1.165, 1.54) is 31.0 Å². The van der Waals surface area contributed by atoms with Crippen LogP contribution in [0.15, 0.2) is 22.8 Å². The number of nitrogens with zero attached hydrogens (tertiary/aromatic N) is 2. The van der Waals surface area contributed by atoms with Crippen LogP contribution in [0.1, 0.15) is 16.1 Å². The molecule has 2 rings (SSSR count). The Bertz CT molecular complexity index is 796. The summed E-state index contributed by atoms with van der Waals surface area (Å²) in [6.07, 6.45) is 1.32. The van der Waals surface area contributed by atoms with Crippen LogP contribution in [0, 0.1) is 17.1 Å². The molecule has 1 aromatic carbocycles. The van der Waals surface area contributed by atoms with Gasteiger partial charge in [-0.05, 0) is 22.0 Å². The Morgan fingerprint density at radius 3 is 2.68 bits per heavy atom. The fourth-order valence-corrected chi connectivity index (χ4v) is 2.62. The molecule has 0 aliphatic rings. The lowest BCUT2D eigenvalue weighted by atomic mass is 10.2. The number of ether oxygens (including phenoxy) is 2. The second-order valence-electron chi connectivity index (χ2n) is 4.22. The molecule has 8 heteroatoms. The third kappa shape index (κ3) is 2.51. The minimum Gasteiger partial charge on any atom is -0.493 e. The number of benzene rings is 1. The number of carbonyl (C=O) groups excluding carboxylic acids is 1. The van der Waals surface area contributed by atoms with Gasteiger partial charge in [-0.1, -0.05) is 0 Å². The number of hydrogen-bond donors (Lipinski definition) is 1. The summed E-state index contributed by atoms with van der Waals surface area (Å²) in [5.74, 6) is -1.02. The molecule has 0 atom stereocenters. The Morgan fingerprint density at radius 2 is 2.14 bits per heavy atom. The number of halogens is 2. The Kier molecular flexibility index (Phi) is 4.37. The molecule has 0 unspecified atom stereocenters. The van der Waals surface area contributed by atoms with Crippen LogP contribution in [0.2, 0.25) is 0 Å². The Balaban J connectivity index is 2.84. The van der Waals surface area contributed by atoms with Gasteiger partial charge in [0.1, 0.15) is 11.9 Å². The van der Waals surface area contributed by atoms with E-state index < -0.39 is 11.8 Å². The second kappa shape index (κ2) is 6.07.